The number of benzene rings is 2. The van der Waals surface area contributed by atoms with Crippen LogP contribution in [0.5, 0.6) is 5.75 Å². The molecule has 2 N–H and O–H groups in total. The highest BCUT2D eigenvalue weighted by atomic mass is 32.1. The number of aromatic nitrogens is 1. The zero-order chi connectivity index (χ0) is 20.3. The van der Waals surface area contributed by atoms with Crippen molar-refractivity contribution in [2.24, 2.45) is 0 Å². The number of amides is 1. The fraction of sp³-hybridized carbons (Fsp3) is 0.222. The third-order valence-electron chi connectivity index (χ3n) is 3.68. The number of carbonyl (C=O) groups excluding carboxylic acids is 1. The van der Waals surface area contributed by atoms with E-state index in [2.05, 4.69) is 15.0 Å². The van der Waals surface area contributed by atoms with Crippen LogP contribution in [0, 0.1) is 0 Å². The highest BCUT2D eigenvalue weighted by Gasteiger charge is 2.31. The summed E-state index contributed by atoms with van der Waals surface area (Å²) in [5.41, 5.74) is 1.49. The summed E-state index contributed by atoms with van der Waals surface area (Å²) < 4.78 is 46.9. The average molecular weight is 412 g/mol. The van der Waals surface area contributed by atoms with Gasteiger partial charge in [0.05, 0.1) is 23.4 Å². The number of methoxy groups -OCH3 is 1. The number of hydrogen-bond acceptors (Lipinski definition) is 6. The number of ether oxygens (including phenoxy) is 2. The van der Waals surface area contributed by atoms with Crippen LogP contribution in [-0.2, 0) is 18.0 Å². The van der Waals surface area contributed by atoms with Crippen LogP contribution in [-0.4, -0.2) is 29.5 Å². The fourth-order valence-electron chi connectivity index (χ4n) is 2.58. The van der Waals surface area contributed by atoms with E-state index in [1.807, 2.05) is 0 Å². The number of fused-ring (bicyclic) bond motifs is 1. The number of hydrogen-bond donors (Lipinski definition) is 2. The monoisotopic (exact) mass is 412 g/mol. The summed E-state index contributed by atoms with van der Waals surface area (Å²) >= 11 is 1.34. The van der Waals surface area contributed by atoms with Crippen LogP contribution >= 0.6 is 11.3 Å². The normalized spacial score (nSPS) is 11.6. The van der Waals surface area contributed by atoms with Gasteiger partial charge in [0, 0.05) is 18.4 Å². The van der Waals surface area contributed by atoms with E-state index in [0.717, 1.165) is 16.8 Å². The van der Waals surface area contributed by atoms with Crippen molar-refractivity contribution in [3.63, 3.8) is 0 Å². The molecule has 1 amide bonds. The summed E-state index contributed by atoms with van der Waals surface area (Å²) in [5, 5.41) is 12.4. The molecule has 148 valence electrons. The average Bonchev–Trinajstić information content (AvgIpc) is 3.03. The number of alkyl halides is 3. The molecule has 0 fully saturated rings. The Balaban J connectivity index is 1.84. The van der Waals surface area contributed by atoms with Crippen molar-refractivity contribution >= 4 is 33.1 Å². The molecule has 6 nitrogen and oxygen atoms in total. The third kappa shape index (κ3) is 4.77. The number of thiazole rings is 1. The van der Waals surface area contributed by atoms with E-state index in [9.17, 15) is 18.0 Å². The molecule has 1 aromatic heterocycles. The van der Waals surface area contributed by atoms with Crippen LogP contribution in [0.15, 0.2) is 36.4 Å². The lowest BCUT2D eigenvalue weighted by Gasteiger charge is -2.13. The molecule has 0 saturated carbocycles. The number of nitrogens with zero attached hydrogens (tertiary/aromatic N) is 1. The van der Waals surface area contributed by atoms with E-state index in [0.29, 0.717) is 16.2 Å². The number of carbonyl (C=O) groups is 1. The van der Waals surface area contributed by atoms with Crippen LogP contribution < -0.4 is 10.1 Å². The maximum atomic E-state index is 12.6. The topological polar surface area (TPSA) is 80.7 Å². The minimum absolute atomic E-state index is 0.0667. The van der Waals surface area contributed by atoms with Gasteiger partial charge in [0.25, 0.3) is 5.91 Å². The zero-order valence-electron chi connectivity index (χ0n) is 14.5. The van der Waals surface area contributed by atoms with Gasteiger partial charge in [-0.2, -0.15) is 0 Å². The lowest BCUT2D eigenvalue weighted by Crippen LogP contribution is -2.18. The molecule has 0 radical (unpaired) electrons. The van der Waals surface area contributed by atoms with Crippen molar-refractivity contribution in [2.75, 3.05) is 12.4 Å². The first-order valence-corrected chi connectivity index (χ1v) is 8.80. The van der Waals surface area contributed by atoms with Crippen LogP contribution in [0.1, 0.15) is 20.9 Å². The predicted molar refractivity (Wildman–Crippen MR) is 97.3 cm³/mol. The number of nitrogens with one attached hydrogen (secondary N) is 1. The fourth-order valence-corrected chi connectivity index (χ4v) is 3.39. The number of halogens is 3. The van der Waals surface area contributed by atoms with Gasteiger partial charge in [0.1, 0.15) is 10.8 Å². The second kappa shape index (κ2) is 8.13. The van der Waals surface area contributed by atoms with Gasteiger partial charge in [-0.05, 0) is 42.0 Å². The molecule has 0 spiro atoms. The number of aliphatic hydroxyl groups excluding tert-OH is 1. The molecule has 28 heavy (non-hydrogen) atoms. The van der Waals surface area contributed by atoms with E-state index in [4.69, 9.17) is 9.84 Å². The summed E-state index contributed by atoms with van der Waals surface area (Å²) in [4.78, 5) is 16.9. The van der Waals surface area contributed by atoms with Gasteiger partial charge in [0.2, 0.25) is 0 Å². The van der Waals surface area contributed by atoms with E-state index in [1.165, 1.54) is 24.5 Å². The Labute approximate surface area is 161 Å². The Morgan fingerprint density at radius 3 is 2.71 bits per heavy atom. The van der Waals surface area contributed by atoms with Gasteiger partial charge in [-0.1, -0.05) is 0 Å². The molecule has 3 aromatic rings. The van der Waals surface area contributed by atoms with Crippen LogP contribution in [0.2, 0.25) is 0 Å². The molecule has 0 aliphatic carbocycles. The summed E-state index contributed by atoms with van der Waals surface area (Å²) in [6.07, 6.45) is -4.83. The Morgan fingerprint density at radius 2 is 2.04 bits per heavy atom. The van der Waals surface area contributed by atoms with Gasteiger partial charge in [-0.25, -0.2) is 4.98 Å². The lowest BCUT2D eigenvalue weighted by molar-refractivity contribution is -0.274. The minimum atomic E-state index is -4.83. The minimum Gasteiger partial charge on any atom is -0.406 e. The molecule has 0 saturated heterocycles. The highest BCUT2D eigenvalue weighted by molar-refractivity contribution is 7.18. The molecule has 0 aliphatic rings. The van der Waals surface area contributed by atoms with Crippen molar-refractivity contribution in [2.45, 2.75) is 19.6 Å². The molecule has 0 unspecified atom stereocenters. The summed E-state index contributed by atoms with van der Waals surface area (Å²) in [7, 11) is 1.37. The largest absolute Gasteiger partial charge is 0.573 e. The summed E-state index contributed by atoms with van der Waals surface area (Å²) in [6, 6.07) is 8.52. The quantitative estimate of drug-likeness (QED) is 0.638. The van der Waals surface area contributed by atoms with E-state index < -0.39 is 18.0 Å². The van der Waals surface area contributed by atoms with Crippen LogP contribution in [0.4, 0.5) is 18.9 Å². The number of rotatable bonds is 6. The summed E-state index contributed by atoms with van der Waals surface area (Å²) in [5.74, 6) is -0.945. The second-order valence-corrected chi connectivity index (χ2v) is 6.82. The number of anilines is 1. The van der Waals surface area contributed by atoms with Crippen molar-refractivity contribution < 1.29 is 32.5 Å². The molecule has 0 aliphatic heterocycles. The molecule has 10 heteroatoms. The maximum absolute atomic E-state index is 12.6. The van der Waals surface area contributed by atoms with Gasteiger partial charge in [-0.15, -0.1) is 24.5 Å². The lowest BCUT2D eigenvalue weighted by atomic mass is 10.1. The number of aliphatic hydroxyl groups is 1. The van der Waals surface area contributed by atoms with Crippen molar-refractivity contribution in [3.05, 3.63) is 52.5 Å². The van der Waals surface area contributed by atoms with Crippen molar-refractivity contribution in [1.29, 1.82) is 0 Å². The molecular formula is C18H15F3N2O4S. The van der Waals surface area contributed by atoms with Gasteiger partial charge in [0.15, 0.2) is 0 Å². The van der Waals surface area contributed by atoms with Gasteiger partial charge in [-0.3, -0.25) is 4.79 Å². The first kappa shape index (κ1) is 20.1. The standard InChI is InChI=1S/C18H15F3N2O4S/c1-26-9-10-6-12(27-18(19,20)21)3-4-13(10)17(25)22-11-2-5-15-14(7-11)23-16(8-24)28-15/h2-7,24H,8-9H2,1H3,(H,22,25). The smallest absolute Gasteiger partial charge is 0.406 e. The van der Waals surface area contributed by atoms with Gasteiger partial charge >= 0.3 is 6.36 Å². The zero-order valence-corrected chi connectivity index (χ0v) is 15.4. The third-order valence-corrected chi connectivity index (χ3v) is 4.70. The Hall–Kier alpha value is -2.69. The predicted octanol–water partition coefficient (Wildman–Crippen LogP) is 4.09. The molecular weight excluding hydrogens is 397 g/mol. The van der Waals surface area contributed by atoms with Crippen LogP contribution in [0.25, 0.3) is 10.2 Å². The first-order chi connectivity index (χ1) is 13.3. The molecule has 0 bridgehead atoms. The van der Waals surface area contributed by atoms with Crippen molar-refractivity contribution in [1.82, 2.24) is 4.98 Å². The Bertz CT molecular complexity index is 1000. The second-order valence-electron chi connectivity index (χ2n) is 5.70. The molecule has 0 atom stereocenters. The van der Waals surface area contributed by atoms with E-state index in [1.54, 1.807) is 18.2 Å². The summed E-state index contributed by atoms with van der Waals surface area (Å²) in [6.45, 7) is -0.240. The SMILES string of the molecule is COCc1cc(OC(F)(F)F)ccc1C(=O)Nc1ccc2sc(CO)nc2c1. The maximum Gasteiger partial charge on any atom is 0.573 e. The Kier molecular flexibility index (Phi) is 5.82. The molecule has 3 rings (SSSR count). The first-order valence-electron chi connectivity index (χ1n) is 7.98. The van der Waals surface area contributed by atoms with Gasteiger partial charge < -0.3 is 19.9 Å². The van der Waals surface area contributed by atoms with E-state index >= 15 is 0 Å². The Morgan fingerprint density at radius 1 is 1.25 bits per heavy atom. The molecule has 1 heterocycles. The highest BCUT2D eigenvalue weighted by Crippen LogP contribution is 2.28. The van der Waals surface area contributed by atoms with Crippen molar-refractivity contribution in [3.8, 4) is 5.75 Å². The molecule has 2 aromatic carbocycles. The van der Waals surface area contributed by atoms with E-state index in [-0.39, 0.29) is 24.3 Å². The van der Waals surface area contributed by atoms with Crippen LogP contribution in [0.3, 0.4) is 0 Å².